The molecule has 0 bridgehead atoms. The van der Waals surface area contributed by atoms with E-state index in [1.165, 1.54) is 11.3 Å². The second kappa shape index (κ2) is 7.98. The largest absolute Gasteiger partial charge is 0.497 e. The Morgan fingerprint density at radius 3 is 2.64 bits per heavy atom. The molecule has 25 heavy (non-hydrogen) atoms. The first-order valence-corrected chi connectivity index (χ1v) is 8.90. The monoisotopic (exact) mass is 356 g/mol. The van der Waals surface area contributed by atoms with Gasteiger partial charge in [0.2, 0.25) is 5.91 Å². The second-order valence-corrected chi connectivity index (χ2v) is 6.65. The normalized spacial score (nSPS) is 10.6. The minimum absolute atomic E-state index is 0.0463. The summed E-state index contributed by atoms with van der Waals surface area (Å²) in [6.07, 6.45) is 1.03. The predicted octanol–water partition coefficient (Wildman–Crippen LogP) is 4.41. The number of anilines is 1. The van der Waals surface area contributed by atoms with Crippen molar-refractivity contribution < 1.29 is 14.3 Å². The van der Waals surface area contributed by atoms with Gasteiger partial charge in [-0.05, 0) is 49.2 Å². The summed E-state index contributed by atoms with van der Waals surface area (Å²) in [5.74, 6) is 1.51. The zero-order valence-corrected chi connectivity index (χ0v) is 15.1. The number of hydrogen-bond donors (Lipinski definition) is 1. The molecule has 0 unspecified atom stereocenters. The Labute approximate surface area is 150 Å². The Morgan fingerprint density at radius 2 is 1.92 bits per heavy atom. The number of nitrogens with zero attached hydrogens (tertiary/aromatic N) is 1. The van der Waals surface area contributed by atoms with Crippen LogP contribution >= 0.6 is 11.3 Å². The van der Waals surface area contributed by atoms with Crippen molar-refractivity contribution in [2.45, 2.75) is 19.8 Å². The molecule has 1 aromatic heterocycles. The Balaban J connectivity index is 1.45. The fraction of sp³-hybridized carbons (Fsp3) is 0.263. The molecule has 1 heterocycles. The number of aryl methyl sites for hydroxylation is 1. The molecule has 0 aliphatic rings. The van der Waals surface area contributed by atoms with E-state index in [0.29, 0.717) is 24.6 Å². The molecule has 5 nitrogen and oxygen atoms in total. The highest BCUT2D eigenvalue weighted by molar-refractivity contribution is 7.22. The number of nitrogens with one attached hydrogen (secondary N) is 1. The van der Waals surface area contributed by atoms with Crippen LogP contribution in [-0.4, -0.2) is 24.6 Å². The van der Waals surface area contributed by atoms with E-state index in [4.69, 9.17) is 9.47 Å². The Morgan fingerprint density at radius 1 is 1.16 bits per heavy atom. The van der Waals surface area contributed by atoms with E-state index < -0.39 is 0 Å². The van der Waals surface area contributed by atoms with Crippen LogP contribution in [0.4, 0.5) is 5.13 Å². The first kappa shape index (κ1) is 17.2. The zero-order chi connectivity index (χ0) is 17.6. The quantitative estimate of drug-likeness (QED) is 0.637. The molecule has 0 aliphatic heterocycles. The number of carbonyl (C=O) groups excluding carboxylic acids is 1. The van der Waals surface area contributed by atoms with E-state index in [9.17, 15) is 4.79 Å². The van der Waals surface area contributed by atoms with Crippen molar-refractivity contribution in [2.24, 2.45) is 0 Å². The number of amides is 1. The molecule has 2 aromatic carbocycles. The van der Waals surface area contributed by atoms with E-state index in [0.717, 1.165) is 27.3 Å². The molecule has 0 fully saturated rings. The summed E-state index contributed by atoms with van der Waals surface area (Å²) in [7, 11) is 1.63. The van der Waals surface area contributed by atoms with E-state index in [1.54, 1.807) is 7.11 Å². The molecule has 3 aromatic rings. The molecule has 0 aliphatic carbocycles. The molecule has 0 saturated heterocycles. The molecule has 3 rings (SSSR count). The summed E-state index contributed by atoms with van der Waals surface area (Å²) in [6, 6.07) is 13.4. The van der Waals surface area contributed by atoms with Gasteiger partial charge in [-0.25, -0.2) is 4.98 Å². The predicted molar refractivity (Wildman–Crippen MR) is 101 cm³/mol. The van der Waals surface area contributed by atoms with Gasteiger partial charge < -0.3 is 14.8 Å². The molecule has 1 N–H and O–H groups in total. The first-order chi connectivity index (χ1) is 12.2. The average molecular weight is 356 g/mol. The number of para-hydroxylation sites is 1. The Bertz CT molecular complexity index is 859. The lowest BCUT2D eigenvalue weighted by Gasteiger charge is -2.07. The van der Waals surface area contributed by atoms with Gasteiger partial charge in [-0.1, -0.05) is 23.5 Å². The number of fused-ring (bicyclic) bond motifs is 1. The highest BCUT2D eigenvalue weighted by Crippen LogP contribution is 2.28. The highest BCUT2D eigenvalue weighted by Gasteiger charge is 2.09. The average Bonchev–Trinajstić information content (AvgIpc) is 3.03. The lowest BCUT2D eigenvalue weighted by atomic mass is 10.2. The van der Waals surface area contributed by atoms with Gasteiger partial charge in [0.05, 0.1) is 23.9 Å². The van der Waals surface area contributed by atoms with Gasteiger partial charge >= 0.3 is 0 Å². The van der Waals surface area contributed by atoms with Crippen molar-refractivity contribution in [2.75, 3.05) is 19.0 Å². The molecule has 0 spiro atoms. The number of rotatable bonds is 7. The van der Waals surface area contributed by atoms with Crippen molar-refractivity contribution in [3.63, 3.8) is 0 Å². The van der Waals surface area contributed by atoms with Crippen molar-refractivity contribution in [1.29, 1.82) is 0 Å². The molecule has 6 heteroatoms. The molecular weight excluding hydrogens is 336 g/mol. The number of hydrogen-bond acceptors (Lipinski definition) is 5. The summed E-state index contributed by atoms with van der Waals surface area (Å²) in [4.78, 5) is 16.5. The van der Waals surface area contributed by atoms with Gasteiger partial charge in [-0.2, -0.15) is 0 Å². The van der Waals surface area contributed by atoms with E-state index >= 15 is 0 Å². The summed E-state index contributed by atoms with van der Waals surface area (Å²) in [5.41, 5.74) is 2.06. The third kappa shape index (κ3) is 4.48. The van der Waals surface area contributed by atoms with Crippen LogP contribution in [0.2, 0.25) is 0 Å². The van der Waals surface area contributed by atoms with Crippen LogP contribution in [0.15, 0.2) is 42.5 Å². The number of methoxy groups -OCH3 is 1. The summed E-state index contributed by atoms with van der Waals surface area (Å²) in [5, 5.41) is 3.51. The van der Waals surface area contributed by atoms with Crippen LogP contribution in [0.5, 0.6) is 11.5 Å². The maximum Gasteiger partial charge on any atom is 0.226 e. The van der Waals surface area contributed by atoms with Crippen LogP contribution in [0.3, 0.4) is 0 Å². The smallest absolute Gasteiger partial charge is 0.226 e. The number of ether oxygens (including phenoxy) is 2. The number of carbonyl (C=O) groups is 1. The van der Waals surface area contributed by atoms with Gasteiger partial charge in [-0.15, -0.1) is 0 Å². The Hall–Kier alpha value is -2.60. The number of aromatic nitrogens is 1. The highest BCUT2D eigenvalue weighted by atomic mass is 32.1. The lowest BCUT2D eigenvalue weighted by molar-refractivity contribution is -0.116. The van der Waals surface area contributed by atoms with E-state index in [1.807, 2.05) is 49.4 Å². The van der Waals surface area contributed by atoms with Crippen molar-refractivity contribution >= 4 is 32.6 Å². The molecule has 0 saturated carbocycles. The molecule has 130 valence electrons. The van der Waals surface area contributed by atoms with Crippen LogP contribution < -0.4 is 14.8 Å². The Kier molecular flexibility index (Phi) is 5.50. The van der Waals surface area contributed by atoms with Crippen LogP contribution in [0.1, 0.15) is 18.4 Å². The number of benzene rings is 2. The molecular formula is C19H20N2O3S. The lowest BCUT2D eigenvalue weighted by Crippen LogP contribution is -2.12. The topological polar surface area (TPSA) is 60.5 Å². The summed E-state index contributed by atoms with van der Waals surface area (Å²) in [6.45, 7) is 2.50. The van der Waals surface area contributed by atoms with Gasteiger partial charge in [0.15, 0.2) is 5.13 Å². The fourth-order valence-corrected chi connectivity index (χ4v) is 3.38. The second-order valence-electron chi connectivity index (χ2n) is 5.62. The van der Waals surface area contributed by atoms with Gasteiger partial charge in [0.1, 0.15) is 11.5 Å². The van der Waals surface area contributed by atoms with Crippen LogP contribution in [0.25, 0.3) is 10.2 Å². The van der Waals surface area contributed by atoms with Gasteiger partial charge in [0, 0.05) is 6.42 Å². The minimum atomic E-state index is -0.0463. The SMILES string of the molecule is COc1ccc(OCCCC(=O)Nc2nc3c(C)cccc3s2)cc1. The van der Waals surface area contributed by atoms with Crippen molar-refractivity contribution in [1.82, 2.24) is 4.98 Å². The first-order valence-electron chi connectivity index (χ1n) is 8.08. The molecule has 0 radical (unpaired) electrons. The van der Waals surface area contributed by atoms with Crippen LogP contribution in [0, 0.1) is 6.92 Å². The summed E-state index contributed by atoms with van der Waals surface area (Å²) >= 11 is 1.49. The minimum Gasteiger partial charge on any atom is -0.497 e. The van der Waals surface area contributed by atoms with Gasteiger partial charge in [0.25, 0.3) is 0 Å². The summed E-state index contributed by atoms with van der Waals surface area (Å²) < 4.78 is 11.8. The molecule has 1 amide bonds. The fourth-order valence-electron chi connectivity index (χ4n) is 2.42. The van der Waals surface area contributed by atoms with E-state index in [-0.39, 0.29) is 5.91 Å². The number of thiazole rings is 1. The standard InChI is InChI=1S/C19H20N2O3S/c1-13-5-3-6-16-18(13)21-19(25-16)20-17(22)7-4-12-24-15-10-8-14(23-2)9-11-15/h3,5-6,8-11H,4,7,12H2,1-2H3,(H,20,21,22). The maximum absolute atomic E-state index is 12.1. The third-order valence-corrected chi connectivity index (χ3v) is 4.68. The maximum atomic E-state index is 12.1. The zero-order valence-electron chi connectivity index (χ0n) is 14.2. The van der Waals surface area contributed by atoms with Gasteiger partial charge in [-0.3, -0.25) is 4.79 Å². The van der Waals surface area contributed by atoms with Crippen LogP contribution in [-0.2, 0) is 4.79 Å². The van der Waals surface area contributed by atoms with E-state index in [2.05, 4.69) is 10.3 Å². The van der Waals surface area contributed by atoms with Crippen molar-refractivity contribution in [3.05, 3.63) is 48.0 Å². The van der Waals surface area contributed by atoms with Crippen molar-refractivity contribution in [3.8, 4) is 11.5 Å². The third-order valence-electron chi connectivity index (χ3n) is 3.74. The molecule has 0 atom stereocenters.